The average Bonchev–Trinajstić information content (AvgIpc) is 1.54. The number of rotatable bonds is 18. The number of thiophene rings is 3. The Balaban J connectivity index is 0.000000232. The summed E-state index contributed by atoms with van der Waals surface area (Å²) in [4.78, 5) is 73.8. The topological polar surface area (TPSA) is 355 Å². The van der Waals surface area contributed by atoms with Gasteiger partial charge in [0.15, 0.2) is 17.3 Å². The molecule has 0 aliphatic carbocycles. The summed E-state index contributed by atoms with van der Waals surface area (Å²) in [6.45, 7) is -5.18. The number of sulfonamides is 3. The van der Waals surface area contributed by atoms with Gasteiger partial charge in [-0.15, -0.1) is 34.0 Å². The number of carbonyl (C=O) groups is 6. The van der Waals surface area contributed by atoms with E-state index in [-0.39, 0.29) is 55.7 Å². The smallest absolute Gasteiger partial charge is 0.267 e. The predicted molar refractivity (Wildman–Crippen MR) is 345 cm³/mol. The first-order valence-electron chi connectivity index (χ1n) is 35.7. The number of benzene rings is 3. The van der Waals surface area contributed by atoms with Gasteiger partial charge in [0.25, 0.3) is 47.8 Å². The summed E-state index contributed by atoms with van der Waals surface area (Å²) in [7, 11) is -13.5. The van der Waals surface area contributed by atoms with Crippen LogP contribution in [-0.4, -0.2) is 75.8 Å². The van der Waals surface area contributed by atoms with Gasteiger partial charge in [-0.3, -0.25) is 28.8 Å². The number of nitrogens with one attached hydrogen (secondary N) is 6. The molecule has 90 heavy (non-hydrogen) atoms. The van der Waals surface area contributed by atoms with Gasteiger partial charge >= 0.3 is 0 Å². The molecule has 6 heterocycles. The molecule has 0 atom stereocenters. The summed E-state index contributed by atoms with van der Waals surface area (Å²) in [5.74, 6) is -6.45. The van der Waals surface area contributed by atoms with Gasteiger partial charge < -0.3 is 29.5 Å². The van der Waals surface area contributed by atoms with Crippen LogP contribution in [0.4, 0.5) is 34.7 Å². The molecule has 0 radical (unpaired) electrons. The van der Waals surface area contributed by atoms with Crippen molar-refractivity contribution in [1.82, 2.24) is 15.5 Å². The van der Waals surface area contributed by atoms with Crippen LogP contribution in [0.25, 0.3) is 0 Å². The summed E-state index contributed by atoms with van der Waals surface area (Å²) in [5.41, 5.74) is -4.29. The van der Waals surface area contributed by atoms with E-state index in [2.05, 4.69) is 40.9 Å². The van der Waals surface area contributed by atoms with E-state index in [0.717, 1.165) is 60.8 Å². The molecule has 24 nitrogen and oxygen atoms in total. The SMILES string of the molecule is [2H]c1c(C([2H])([2H])[2H])cc(C(C)=O)c(NC(=O)c2sccc2S(=O)(=O)Nc2onc(C)c2C([2H])([2H])[2H])c1C([2H])([2H])[2H].[2H]c1c(C([2H])([2H])[2H])cc(C(C)=O)c(NC(=O)c2sccc2S(=O)(=O)Nc2onc(C)c2C)c1C([2H])([2H])[2H].[2H]c1c(C)cc(C(C)=O)c(NC(=O)c2sccc2S(=O)(=O)Nc2onc(C)c2C([2H])([2H])[2H])c1C. The van der Waals surface area contributed by atoms with Crippen LogP contribution in [0.2, 0.25) is 0 Å². The van der Waals surface area contributed by atoms with Crippen molar-refractivity contribution < 1.29 is 96.4 Å². The van der Waals surface area contributed by atoms with Gasteiger partial charge in [0, 0.05) is 58.1 Å². The van der Waals surface area contributed by atoms with Gasteiger partial charge in [0.1, 0.15) is 29.3 Å². The van der Waals surface area contributed by atoms with Crippen LogP contribution in [0.1, 0.15) is 177 Å². The zero-order valence-electron chi connectivity index (χ0n) is 69.1. The number of hydrogen-bond acceptors (Lipinski definition) is 21. The van der Waals surface area contributed by atoms with Gasteiger partial charge in [-0.2, -0.15) is 0 Å². The van der Waals surface area contributed by atoms with Crippen LogP contribution >= 0.6 is 34.0 Å². The maximum Gasteiger partial charge on any atom is 0.267 e. The molecule has 30 heteroatoms. The fraction of sp³-hybridized carbons (Fsp3) is 0.250. The Morgan fingerprint density at radius 3 is 1.02 bits per heavy atom. The highest BCUT2D eigenvalue weighted by atomic mass is 32.2. The van der Waals surface area contributed by atoms with E-state index in [1.165, 1.54) is 49.0 Å². The number of Topliss-reactive ketones (excluding diaryl/α,β-unsaturated/α-hetero) is 3. The number of aryl methyl sites for hydroxylation is 6. The van der Waals surface area contributed by atoms with Crippen LogP contribution < -0.4 is 30.1 Å². The van der Waals surface area contributed by atoms with E-state index in [1.54, 1.807) is 27.7 Å². The molecule has 3 aromatic carbocycles. The molecule has 0 spiro atoms. The lowest BCUT2D eigenvalue weighted by Gasteiger charge is -2.14. The van der Waals surface area contributed by atoms with Crippen molar-refractivity contribution in [3.05, 3.63) is 169 Å². The summed E-state index contributed by atoms with van der Waals surface area (Å²) in [6, 6.07) is 4.77. The molecule has 6 N–H and O–H groups in total. The molecule has 0 aliphatic rings. The third-order valence-electron chi connectivity index (χ3n) is 12.3. The maximum absolute atomic E-state index is 13.3. The van der Waals surface area contributed by atoms with Crippen LogP contribution in [-0.2, 0) is 30.1 Å². The summed E-state index contributed by atoms with van der Waals surface area (Å²) >= 11 is 2.18. The number of nitrogens with zero attached hydrogens (tertiary/aromatic N) is 3. The molecule has 474 valence electrons. The van der Waals surface area contributed by atoms with Crippen LogP contribution in [0.5, 0.6) is 0 Å². The van der Waals surface area contributed by atoms with Gasteiger partial charge in [-0.05, 0) is 189 Å². The van der Waals surface area contributed by atoms with E-state index >= 15 is 0 Å². The third-order valence-corrected chi connectivity index (χ3v) is 19.6. The Labute approximate surface area is 560 Å². The minimum absolute atomic E-state index is 0.00112. The normalized spacial score (nSPS) is 15.6. The van der Waals surface area contributed by atoms with Gasteiger partial charge in [0.05, 0.1) is 38.3 Å². The van der Waals surface area contributed by atoms with E-state index in [1.807, 2.05) is 4.72 Å². The van der Waals surface area contributed by atoms with E-state index in [4.69, 9.17) is 42.4 Å². The summed E-state index contributed by atoms with van der Waals surface area (Å²) in [5, 5.41) is 21.5. The monoisotopic (exact) mass is 1360 g/mol. The minimum Gasteiger partial charge on any atom is -0.337 e. The van der Waals surface area contributed by atoms with E-state index in [0.29, 0.717) is 33.7 Å². The standard InChI is InChI=1S/3C20H21N3O5S2/c3*1-10-8-11(2)17(15(9-10)14(5)24)21-19(25)18-16(6-7-29-18)30(26,27)23-20-12(3)13(4)22-28-20/h3*6-9,23H,1-5H3,(H,21,25)/i1D3,2D3,3D3,8D;1D3,2D3,8D;3D3,8D. The number of carbonyl (C=O) groups excluding carboxylic acids is 6. The van der Waals surface area contributed by atoms with Crippen LogP contribution in [0.15, 0.2) is 98.9 Å². The van der Waals surface area contributed by atoms with Crippen molar-refractivity contribution in [2.24, 2.45) is 0 Å². The number of amides is 3. The second kappa shape index (κ2) is 27.4. The van der Waals surface area contributed by atoms with Crippen LogP contribution in [0, 0.1) is 82.7 Å². The summed E-state index contributed by atoms with van der Waals surface area (Å²) in [6.07, 6.45) is 0. The second-order valence-corrected chi connectivity index (χ2v) is 26.6. The molecular formula is C60H63N9O15S6. The van der Waals surface area contributed by atoms with Crippen molar-refractivity contribution in [2.75, 3.05) is 30.1 Å². The molecule has 9 aromatic rings. The quantitative estimate of drug-likeness (QED) is 0.0435. The molecule has 3 amide bonds. The highest BCUT2D eigenvalue weighted by Crippen LogP contribution is 2.34. The second-order valence-electron chi connectivity index (χ2n) is 18.9. The lowest BCUT2D eigenvalue weighted by molar-refractivity contribution is 0.100. The summed E-state index contributed by atoms with van der Waals surface area (Å²) < 4.78 is 262. The first kappa shape index (κ1) is 44.5. The fourth-order valence-corrected chi connectivity index (χ4v) is 14.8. The molecule has 6 aromatic heterocycles. The number of hydrogen-bond donors (Lipinski definition) is 6. The molecule has 9 rings (SSSR count). The van der Waals surface area contributed by atoms with Crippen molar-refractivity contribution in [2.45, 2.75) is 118 Å². The largest absolute Gasteiger partial charge is 0.337 e. The molecule has 0 unspecified atom stereocenters. The molecule has 0 bridgehead atoms. The Hall–Kier alpha value is -8.94. The molecule has 0 saturated heterocycles. The lowest BCUT2D eigenvalue weighted by Crippen LogP contribution is -2.20. The Morgan fingerprint density at radius 1 is 0.433 bits per heavy atom. The number of aromatic nitrogens is 3. The predicted octanol–water partition coefficient (Wildman–Crippen LogP) is 12.7. The van der Waals surface area contributed by atoms with Gasteiger partial charge in [0.2, 0.25) is 17.7 Å². The highest BCUT2D eigenvalue weighted by Gasteiger charge is 2.31. The minimum atomic E-state index is -4.68. The zero-order chi connectivity index (χ0) is 84.3. The number of anilines is 6. The van der Waals surface area contributed by atoms with Gasteiger partial charge in [-0.25, -0.2) is 39.4 Å². The van der Waals surface area contributed by atoms with Crippen LogP contribution in [0.3, 0.4) is 0 Å². The average molecular weight is 1360 g/mol. The molecule has 0 fully saturated rings. The lowest BCUT2D eigenvalue weighted by atomic mass is 10.0. The first-order valence-corrected chi connectivity index (χ1v) is 32.3. The van der Waals surface area contributed by atoms with Crippen molar-refractivity contribution in [1.29, 1.82) is 0 Å². The molecule has 0 saturated carbocycles. The Bertz CT molecular complexity index is 5590. The maximum atomic E-state index is 13.3. The number of ketones is 3. The van der Waals surface area contributed by atoms with Crippen molar-refractivity contribution in [3.63, 3.8) is 0 Å². The van der Waals surface area contributed by atoms with Gasteiger partial charge in [-0.1, -0.05) is 33.6 Å². The van der Waals surface area contributed by atoms with Crippen molar-refractivity contribution >= 4 is 134 Å². The Morgan fingerprint density at radius 2 is 0.733 bits per heavy atom. The Kier molecular flexibility index (Phi) is 13.6. The fourth-order valence-electron chi connectivity index (χ4n) is 7.76. The molecule has 0 aliphatic heterocycles. The third kappa shape index (κ3) is 15.4. The molecular weight excluding hydrogens is 1280 g/mol. The van der Waals surface area contributed by atoms with E-state index in [9.17, 15) is 54.0 Å². The highest BCUT2D eigenvalue weighted by molar-refractivity contribution is 7.93. The first-order chi connectivity index (χ1) is 50.6. The van der Waals surface area contributed by atoms with E-state index < -0.39 is 194 Å². The van der Waals surface area contributed by atoms with Crippen molar-refractivity contribution in [3.8, 4) is 0 Å². The zero-order valence-corrected chi connectivity index (χ0v) is 53.0.